The molecular weight excluding hydrogens is 441 g/mol. The van der Waals surface area contributed by atoms with Gasteiger partial charge in [0, 0.05) is 27.7 Å². The summed E-state index contributed by atoms with van der Waals surface area (Å²) in [4.78, 5) is 10.3. The van der Waals surface area contributed by atoms with Gasteiger partial charge in [0.05, 0.1) is 23.4 Å². The van der Waals surface area contributed by atoms with Crippen LogP contribution >= 0.6 is 23.2 Å². The van der Waals surface area contributed by atoms with Gasteiger partial charge in [-0.3, -0.25) is 15.5 Å². The SMILES string of the molecule is CCOc1cc(/C=N/Nc2ccc([N+](=O)[O-])cc2)ccc1OCc1ccc(Cl)cc1Cl. The molecule has 0 heterocycles. The van der Waals surface area contributed by atoms with Gasteiger partial charge in [0.15, 0.2) is 11.5 Å². The average molecular weight is 460 g/mol. The standard InChI is InChI=1S/C22H19Cl2N3O4/c1-2-30-22-11-15(13-25-26-18-6-8-19(9-7-18)27(28)29)3-10-21(22)31-14-16-4-5-17(23)12-20(16)24/h3-13,26H,2,14H2,1H3/b25-13+. The number of halogens is 2. The first kappa shape index (κ1) is 22.4. The van der Waals surface area contributed by atoms with Crippen LogP contribution in [0.15, 0.2) is 65.8 Å². The summed E-state index contributed by atoms with van der Waals surface area (Å²) in [6, 6.07) is 16.7. The molecular formula is C22H19Cl2N3O4. The van der Waals surface area contributed by atoms with E-state index in [2.05, 4.69) is 10.5 Å². The van der Waals surface area contributed by atoms with Crippen molar-refractivity contribution in [2.24, 2.45) is 5.10 Å². The topological polar surface area (TPSA) is 86.0 Å². The van der Waals surface area contributed by atoms with E-state index in [1.165, 1.54) is 12.1 Å². The summed E-state index contributed by atoms with van der Waals surface area (Å²) in [5.41, 5.74) is 5.08. The Balaban J connectivity index is 1.67. The molecule has 0 aliphatic carbocycles. The number of nitro groups is 1. The number of non-ortho nitro benzene ring substituents is 1. The third-order valence-corrected chi connectivity index (χ3v) is 4.74. The molecule has 0 bridgehead atoms. The molecule has 0 spiro atoms. The predicted molar refractivity (Wildman–Crippen MR) is 123 cm³/mol. The van der Waals surface area contributed by atoms with Crippen LogP contribution in [0.3, 0.4) is 0 Å². The summed E-state index contributed by atoms with van der Waals surface area (Å²) in [7, 11) is 0. The molecule has 0 atom stereocenters. The maximum atomic E-state index is 10.7. The summed E-state index contributed by atoms with van der Waals surface area (Å²) in [6.45, 7) is 2.63. The van der Waals surface area contributed by atoms with Crippen LogP contribution < -0.4 is 14.9 Å². The Bertz CT molecular complexity index is 1090. The Hall–Kier alpha value is -3.29. The number of benzene rings is 3. The van der Waals surface area contributed by atoms with Crippen molar-refractivity contribution in [3.05, 3.63) is 92.0 Å². The first-order valence-electron chi connectivity index (χ1n) is 9.33. The van der Waals surface area contributed by atoms with Crippen LogP contribution in [0.4, 0.5) is 11.4 Å². The maximum Gasteiger partial charge on any atom is 0.269 e. The lowest BCUT2D eigenvalue weighted by Crippen LogP contribution is -2.01. The highest BCUT2D eigenvalue weighted by atomic mass is 35.5. The van der Waals surface area contributed by atoms with Crippen LogP contribution in [-0.4, -0.2) is 17.7 Å². The zero-order valence-corrected chi connectivity index (χ0v) is 18.1. The van der Waals surface area contributed by atoms with Crippen molar-refractivity contribution < 1.29 is 14.4 Å². The van der Waals surface area contributed by atoms with Crippen LogP contribution in [0.25, 0.3) is 0 Å². The monoisotopic (exact) mass is 459 g/mol. The highest BCUT2D eigenvalue weighted by Gasteiger charge is 2.09. The molecule has 9 heteroatoms. The molecule has 3 aromatic rings. The molecule has 0 radical (unpaired) electrons. The van der Waals surface area contributed by atoms with Crippen molar-refractivity contribution in [2.75, 3.05) is 12.0 Å². The molecule has 0 amide bonds. The van der Waals surface area contributed by atoms with Crippen molar-refractivity contribution >= 4 is 40.8 Å². The van der Waals surface area contributed by atoms with E-state index in [4.69, 9.17) is 32.7 Å². The number of hydrogen-bond acceptors (Lipinski definition) is 6. The van der Waals surface area contributed by atoms with Gasteiger partial charge in [-0.25, -0.2) is 0 Å². The van der Waals surface area contributed by atoms with E-state index < -0.39 is 4.92 Å². The Morgan fingerprint density at radius 2 is 1.81 bits per heavy atom. The number of nitrogens with one attached hydrogen (secondary N) is 1. The smallest absolute Gasteiger partial charge is 0.269 e. The van der Waals surface area contributed by atoms with E-state index in [1.807, 2.05) is 25.1 Å². The highest BCUT2D eigenvalue weighted by Crippen LogP contribution is 2.30. The summed E-state index contributed by atoms with van der Waals surface area (Å²) >= 11 is 12.1. The third-order valence-electron chi connectivity index (χ3n) is 4.15. The first-order chi connectivity index (χ1) is 15.0. The minimum Gasteiger partial charge on any atom is -0.490 e. The van der Waals surface area contributed by atoms with E-state index in [0.717, 1.165) is 11.1 Å². The van der Waals surface area contributed by atoms with Gasteiger partial charge < -0.3 is 9.47 Å². The Kier molecular flexibility index (Phi) is 7.70. The zero-order valence-electron chi connectivity index (χ0n) is 16.5. The number of nitrogens with zero attached hydrogens (tertiary/aromatic N) is 2. The van der Waals surface area contributed by atoms with Gasteiger partial charge in [-0.1, -0.05) is 29.3 Å². The number of nitro benzene ring substituents is 1. The second-order valence-electron chi connectivity index (χ2n) is 6.34. The molecule has 0 saturated carbocycles. The highest BCUT2D eigenvalue weighted by molar-refractivity contribution is 6.35. The Labute approximate surface area is 189 Å². The van der Waals surface area contributed by atoms with Crippen LogP contribution in [-0.2, 0) is 6.61 Å². The van der Waals surface area contributed by atoms with Gasteiger partial charge in [-0.05, 0) is 55.0 Å². The molecule has 0 aliphatic rings. The molecule has 31 heavy (non-hydrogen) atoms. The molecule has 7 nitrogen and oxygen atoms in total. The summed E-state index contributed by atoms with van der Waals surface area (Å²) in [5.74, 6) is 1.15. The number of rotatable bonds is 9. The van der Waals surface area contributed by atoms with Crippen LogP contribution in [0, 0.1) is 10.1 Å². The first-order valence-corrected chi connectivity index (χ1v) is 10.1. The summed E-state index contributed by atoms with van der Waals surface area (Å²) in [6.07, 6.45) is 1.61. The molecule has 0 aromatic heterocycles. The fraction of sp³-hybridized carbons (Fsp3) is 0.136. The number of hydrogen-bond donors (Lipinski definition) is 1. The average Bonchev–Trinajstić information content (AvgIpc) is 2.75. The second-order valence-corrected chi connectivity index (χ2v) is 7.18. The molecule has 0 fully saturated rings. The Morgan fingerprint density at radius 1 is 1.03 bits per heavy atom. The normalized spacial score (nSPS) is 10.8. The van der Waals surface area contributed by atoms with Crippen molar-refractivity contribution in [3.63, 3.8) is 0 Å². The van der Waals surface area contributed by atoms with Crippen LogP contribution in [0.5, 0.6) is 11.5 Å². The van der Waals surface area contributed by atoms with E-state index in [0.29, 0.717) is 33.8 Å². The fourth-order valence-electron chi connectivity index (χ4n) is 2.63. The molecule has 0 aliphatic heterocycles. The van der Waals surface area contributed by atoms with Gasteiger partial charge in [-0.15, -0.1) is 0 Å². The van der Waals surface area contributed by atoms with Crippen molar-refractivity contribution in [2.45, 2.75) is 13.5 Å². The lowest BCUT2D eigenvalue weighted by atomic mass is 10.2. The maximum absolute atomic E-state index is 10.7. The number of anilines is 1. The minimum absolute atomic E-state index is 0.0198. The van der Waals surface area contributed by atoms with Crippen molar-refractivity contribution in [1.29, 1.82) is 0 Å². The van der Waals surface area contributed by atoms with E-state index in [1.54, 1.807) is 36.5 Å². The summed E-state index contributed by atoms with van der Waals surface area (Å²) < 4.78 is 11.6. The second kappa shape index (κ2) is 10.7. The Morgan fingerprint density at radius 3 is 2.48 bits per heavy atom. The van der Waals surface area contributed by atoms with Gasteiger partial charge in [0.25, 0.3) is 5.69 Å². The molecule has 3 rings (SSSR count). The van der Waals surface area contributed by atoms with E-state index in [9.17, 15) is 10.1 Å². The third kappa shape index (κ3) is 6.34. The van der Waals surface area contributed by atoms with Gasteiger partial charge in [0.2, 0.25) is 0 Å². The number of hydrazone groups is 1. The quantitative estimate of drug-likeness (QED) is 0.229. The van der Waals surface area contributed by atoms with Crippen molar-refractivity contribution in [1.82, 2.24) is 0 Å². The lowest BCUT2D eigenvalue weighted by Gasteiger charge is -2.13. The summed E-state index contributed by atoms with van der Waals surface area (Å²) in [5, 5.41) is 16.0. The molecule has 3 aromatic carbocycles. The molecule has 1 N–H and O–H groups in total. The largest absolute Gasteiger partial charge is 0.490 e. The van der Waals surface area contributed by atoms with Gasteiger partial charge >= 0.3 is 0 Å². The zero-order chi connectivity index (χ0) is 22.2. The van der Waals surface area contributed by atoms with E-state index in [-0.39, 0.29) is 12.3 Å². The van der Waals surface area contributed by atoms with Crippen molar-refractivity contribution in [3.8, 4) is 11.5 Å². The molecule has 160 valence electrons. The van der Waals surface area contributed by atoms with E-state index >= 15 is 0 Å². The lowest BCUT2D eigenvalue weighted by molar-refractivity contribution is -0.384. The van der Waals surface area contributed by atoms with Gasteiger partial charge in [0.1, 0.15) is 6.61 Å². The minimum atomic E-state index is -0.452. The van der Waals surface area contributed by atoms with Crippen LogP contribution in [0.1, 0.15) is 18.1 Å². The number of ether oxygens (including phenoxy) is 2. The van der Waals surface area contributed by atoms with Gasteiger partial charge in [-0.2, -0.15) is 5.10 Å². The fourth-order valence-corrected chi connectivity index (χ4v) is 3.09. The van der Waals surface area contributed by atoms with Crippen LogP contribution in [0.2, 0.25) is 10.0 Å². The molecule has 0 unspecified atom stereocenters. The predicted octanol–water partition coefficient (Wildman–Crippen LogP) is 6.33. The molecule has 0 saturated heterocycles.